The number of hydrogen-bond donors (Lipinski definition) is 1. The van der Waals surface area contributed by atoms with Crippen LogP contribution in [0.4, 0.5) is 11.5 Å². The average Bonchev–Trinajstić information content (AvgIpc) is 2.64. The Morgan fingerprint density at radius 2 is 2.38 bits per heavy atom. The van der Waals surface area contributed by atoms with Gasteiger partial charge in [0.1, 0.15) is 6.04 Å². The highest BCUT2D eigenvalue weighted by Gasteiger charge is 2.42. The van der Waals surface area contributed by atoms with Crippen LogP contribution in [0.25, 0.3) is 0 Å². The van der Waals surface area contributed by atoms with Crippen molar-refractivity contribution in [3.63, 3.8) is 0 Å². The molecular weight excluding hydrogens is 202 g/mol. The van der Waals surface area contributed by atoms with Crippen molar-refractivity contribution in [2.45, 2.75) is 26.3 Å². The molecule has 1 aromatic rings. The summed E-state index contributed by atoms with van der Waals surface area (Å²) in [6.07, 6.45) is 2.87. The van der Waals surface area contributed by atoms with Gasteiger partial charge in [0.05, 0.1) is 5.69 Å². The molecule has 3 rings (SSSR count). The number of carbonyl (C=O) groups excluding carboxylic acids is 1. The predicted molar refractivity (Wildman–Crippen MR) is 62.5 cm³/mol. The molecule has 2 unspecified atom stereocenters. The van der Waals surface area contributed by atoms with Crippen molar-refractivity contribution < 1.29 is 4.79 Å². The van der Waals surface area contributed by atoms with Gasteiger partial charge in [0.25, 0.3) is 0 Å². The van der Waals surface area contributed by atoms with Crippen LogP contribution in [0.1, 0.15) is 18.9 Å². The first-order valence-corrected chi connectivity index (χ1v) is 5.71. The van der Waals surface area contributed by atoms with E-state index in [1.165, 1.54) is 0 Å². The summed E-state index contributed by atoms with van der Waals surface area (Å²) in [7, 11) is 0. The quantitative estimate of drug-likeness (QED) is 0.717. The summed E-state index contributed by atoms with van der Waals surface area (Å²) >= 11 is 0. The Morgan fingerprint density at radius 1 is 1.56 bits per heavy atom. The number of pyridine rings is 1. The molecule has 4 heteroatoms. The Kier molecular flexibility index (Phi) is 1.93. The summed E-state index contributed by atoms with van der Waals surface area (Å²) in [6.45, 7) is 5.06. The minimum Gasteiger partial charge on any atom is -0.343 e. The van der Waals surface area contributed by atoms with Gasteiger partial charge in [-0.05, 0) is 30.9 Å². The van der Waals surface area contributed by atoms with Crippen LogP contribution in [0.2, 0.25) is 0 Å². The van der Waals surface area contributed by atoms with E-state index in [-0.39, 0.29) is 11.9 Å². The van der Waals surface area contributed by atoms with Crippen molar-refractivity contribution in [3.05, 3.63) is 17.8 Å². The van der Waals surface area contributed by atoms with Crippen molar-refractivity contribution in [1.29, 1.82) is 0 Å². The predicted octanol–water partition coefficient (Wildman–Crippen LogP) is 1.56. The summed E-state index contributed by atoms with van der Waals surface area (Å²) in [5.74, 6) is 1.47. The minimum atomic E-state index is -0.0261. The van der Waals surface area contributed by atoms with Crippen LogP contribution < -0.4 is 10.2 Å². The molecule has 1 saturated heterocycles. The molecule has 0 aliphatic carbocycles. The lowest BCUT2D eigenvalue weighted by Gasteiger charge is -2.33. The molecule has 0 saturated carbocycles. The zero-order valence-electron chi connectivity index (χ0n) is 9.53. The van der Waals surface area contributed by atoms with Gasteiger partial charge in [-0.2, -0.15) is 0 Å². The molecule has 0 spiro atoms. The third-order valence-electron chi connectivity index (χ3n) is 3.63. The number of fused-ring (bicyclic) bond motifs is 3. The van der Waals surface area contributed by atoms with Crippen molar-refractivity contribution in [2.24, 2.45) is 5.92 Å². The standard InChI is InChI=1S/C12H15N3O/c1-7-3-5-13-11-9(7)14-12(16)10-8(2)4-6-15(10)11/h3,5,8,10H,4,6H2,1-2H3,(H,14,16). The monoisotopic (exact) mass is 217 g/mol. The number of aromatic nitrogens is 1. The number of amides is 1. The second-order valence-corrected chi connectivity index (χ2v) is 4.72. The van der Waals surface area contributed by atoms with Gasteiger partial charge in [0.2, 0.25) is 5.91 Å². The van der Waals surface area contributed by atoms with E-state index < -0.39 is 0 Å². The van der Waals surface area contributed by atoms with E-state index in [4.69, 9.17) is 0 Å². The molecule has 16 heavy (non-hydrogen) atoms. The van der Waals surface area contributed by atoms with E-state index >= 15 is 0 Å². The van der Waals surface area contributed by atoms with E-state index in [1.807, 2.05) is 19.2 Å². The molecule has 84 valence electrons. The minimum absolute atomic E-state index is 0.0261. The molecule has 1 fully saturated rings. The number of carbonyl (C=O) groups is 1. The van der Waals surface area contributed by atoms with Gasteiger partial charge < -0.3 is 10.2 Å². The molecule has 2 aliphatic heterocycles. The molecule has 0 aromatic carbocycles. The highest BCUT2D eigenvalue weighted by atomic mass is 16.2. The van der Waals surface area contributed by atoms with Crippen LogP contribution in [0.5, 0.6) is 0 Å². The largest absolute Gasteiger partial charge is 0.343 e. The maximum absolute atomic E-state index is 12.0. The van der Waals surface area contributed by atoms with Crippen molar-refractivity contribution >= 4 is 17.4 Å². The molecular formula is C12H15N3O. The van der Waals surface area contributed by atoms with Crippen LogP contribution in [-0.4, -0.2) is 23.5 Å². The summed E-state index contributed by atoms with van der Waals surface area (Å²) in [4.78, 5) is 18.6. The number of hydrogen-bond acceptors (Lipinski definition) is 3. The van der Waals surface area contributed by atoms with Gasteiger partial charge in [-0.25, -0.2) is 4.98 Å². The maximum Gasteiger partial charge on any atom is 0.247 e. The van der Waals surface area contributed by atoms with Gasteiger partial charge in [-0.1, -0.05) is 6.92 Å². The summed E-state index contributed by atoms with van der Waals surface area (Å²) in [5, 5.41) is 2.99. The van der Waals surface area contributed by atoms with Gasteiger partial charge in [0, 0.05) is 12.7 Å². The second-order valence-electron chi connectivity index (χ2n) is 4.72. The number of aryl methyl sites for hydroxylation is 1. The molecule has 2 aliphatic rings. The first-order valence-electron chi connectivity index (χ1n) is 5.71. The molecule has 3 heterocycles. The summed E-state index contributed by atoms with van der Waals surface area (Å²) < 4.78 is 0. The molecule has 0 bridgehead atoms. The van der Waals surface area contributed by atoms with Crippen LogP contribution in [0, 0.1) is 12.8 Å². The van der Waals surface area contributed by atoms with Gasteiger partial charge in [-0.15, -0.1) is 0 Å². The average molecular weight is 217 g/mol. The van der Waals surface area contributed by atoms with Crippen LogP contribution in [-0.2, 0) is 4.79 Å². The highest BCUT2D eigenvalue weighted by molar-refractivity contribution is 6.04. The molecule has 1 N–H and O–H groups in total. The smallest absolute Gasteiger partial charge is 0.247 e. The van der Waals surface area contributed by atoms with Gasteiger partial charge >= 0.3 is 0 Å². The lowest BCUT2D eigenvalue weighted by molar-refractivity contribution is -0.118. The van der Waals surface area contributed by atoms with E-state index in [2.05, 4.69) is 22.1 Å². The second kappa shape index (κ2) is 3.20. The number of rotatable bonds is 0. The fraction of sp³-hybridized carbons (Fsp3) is 0.500. The number of anilines is 2. The fourth-order valence-corrected chi connectivity index (χ4v) is 2.70. The third kappa shape index (κ3) is 1.16. The Bertz CT molecular complexity index is 458. The van der Waals surface area contributed by atoms with Crippen molar-refractivity contribution in [3.8, 4) is 0 Å². The third-order valence-corrected chi connectivity index (χ3v) is 3.63. The Hall–Kier alpha value is -1.58. The number of nitrogens with one attached hydrogen (secondary N) is 1. The zero-order chi connectivity index (χ0) is 11.3. The normalized spacial score (nSPS) is 27.4. The summed E-state index contributed by atoms with van der Waals surface area (Å²) in [6, 6.07) is 1.90. The lowest BCUT2D eigenvalue weighted by Crippen LogP contribution is -2.47. The Balaban J connectivity index is 2.13. The van der Waals surface area contributed by atoms with Crippen LogP contribution in [0.3, 0.4) is 0 Å². The molecule has 1 aromatic heterocycles. The number of nitrogens with zero attached hydrogens (tertiary/aromatic N) is 2. The molecule has 0 radical (unpaired) electrons. The zero-order valence-corrected chi connectivity index (χ0v) is 9.53. The van der Waals surface area contributed by atoms with Gasteiger partial charge in [0.15, 0.2) is 5.82 Å². The van der Waals surface area contributed by atoms with Crippen LogP contribution in [0.15, 0.2) is 12.3 Å². The van der Waals surface area contributed by atoms with E-state index in [9.17, 15) is 4.79 Å². The van der Waals surface area contributed by atoms with Gasteiger partial charge in [-0.3, -0.25) is 4.79 Å². The maximum atomic E-state index is 12.0. The Morgan fingerprint density at radius 3 is 3.19 bits per heavy atom. The molecule has 4 nitrogen and oxygen atoms in total. The Labute approximate surface area is 94.7 Å². The van der Waals surface area contributed by atoms with E-state index in [0.29, 0.717) is 5.92 Å². The highest BCUT2D eigenvalue weighted by Crippen LogP contribution is 2.38. The molecule has 1 amide bonds. The topological polar surface area (TPSA) is 45.2 Å². The van der Waals surface area contributed by atoms with E-state index in [0.717, 1.165) is 30.0 Å². The first-order chi connectivity index (χ1) is 7.68. The van der Waals surface area contributed by atoms with Crippen LogP contribution >= 0.6 is 0 Å². The van der Waals surface area contributed by atoms with E-state index in [1.54, 1.807) is 0 Å². The first kappa shape index (κ1) is 9.63. The SMILES string of the molecule is Cc1ccnc2c1NC(=O)C1C(C)CCN21. The molecule has 2 atom stereocenters. The van der Waals surface area contributed by atoms with Crippen molar-refractivity contribution in [1.82, 2.24) is 4.98 Å². The summed E-state index contributed by atoms with van der Waals surface area (Å²) in [5.41, 5.74) is 1.97. The van der Waals surface area contributed by atoms with Crippen molar-refractivity contribution in [2.75, 3.05) is 16.8 Å². The lowest BCUT2D eigenvalue weighted by atomic mass is 10.0. The fourth-order valence-electron chi connectivity index (χ4n) is 2.70.